The van der Waals surface area contributed by atoms with Crippen molar-refractivity contribution in [2.45, 2.75) is 12.8 Å². The van der Waals surface area contributed by atoms with Gasteiger partial charge in [0, 0.05) is 10.7 Å². The van der Waals surface area contributed by atoms with Gasteiger partial charge in [-0.05, 0) is 18.8 Å². The first-order valence-corrected chi connectivity index (χ1v) is 4.98. The van der Waals surface area contributed by atoms with Crippen molar-refractivity contribution in [3.63, 3.8) is 0 Å². The number of halogens is 1. The molecule has 0 spiro atoms. The zero-order valence-corrected chi connectivity index (χ0v) is 5.87. The Hall–Kier alpha value is 0.240. The van der Waals surface area contributed by atoms with E-state index in [0.717, 1.165) is 12.8 Å². The van der Waals surface area contributed by atoms with Crippen LogP contribution < -0.4 is 0 Å². The Morgan fingerprint density at radius 3 is 2.12 bits per heavy atom. The zero-order valence-electron chi connectivity index (χ0n) is 4.30. The van der Waals surface area contributed by atoms with Gasteiger partial charge in [0.05, 0.1) is 5.75 Å². The van der Waals surface area contributed by atoms with E-state index in [2.05, 4.69) is 0 Å². The normalized spacial score (nSPS) is 21.1. The molecule has 0 aromatic rings. The molecule has 0 amide bonds. The molecular weight excluding hydrogens is 148 g/mol. The zero-order chi connectivity index (χ0) is 6.20. The molecule has 0 heterocycles. The molecule has 0 atom stereocenters. The second-order valence-electron chi connectivity index (χ2n) is 2.15. The van der Waals surface area contributed by atoms with Crippen LogP contribution in [0.15, 0.2) is 0 Å². The summed E-state index contributed by atoms with van der Waals surface area (Å²) in [4.78, 5) is 0. The van der Waals surface area contributed by atoms with E-state index in [4.69, 9.17) is 10.7 Å². The minimum Gasteiger partial charge on any atom is -0.212 e. The minimum absolute atomic E-state index is 0.175. The molecule has 0 aromatic carbocycles. The Labute approximate surface area is 53.3 Å². The Morgan fingerprint density at radius 1 is 1.50 bits per heavy atom. The third kappa shape index (κ3) is 2.52. The standard InChI is InChI=1S/C4H7ClO2S/c5-8(6,7)3-4-1-2-4/h4H,1-3H2. The van der Waals surface area contributed by atoms with E-state index in [1.807, 2.05) is 0 Å². The summed E-state index contributed by atoms with van der Waals surface area (Å²) >= 11 is 0. The first kappa shape index (κ1) is 6.36. The van der Waals surface area contributed by atoms with Crippen LogP contribution in [0.2, 0.25) is 0 Å². The van der Waals surface area contributed by atoms with Crippen molar-refractivity contribution >= 4 is 19.7 Å². The second-order valence-corrected chi connectivity index (χ2v) is 4.97. The summed E-state index contributed by atoms with van der Waals surface area (Å²) in [6, 6.07) is 0. The second kappa shape index (κ2) is 1.88. The molecule has 1 fully saturated rings. The summed E-state index contributed by atoms with van der Waals surface area (Å²) in [5.41, 5.74) is 0. The van der Waals surface area contributed by atoms with Gasteiger partial charge in [-0.3, -0.25) is 0 Å². The lowest BCUT2D eigenvalue weighted by Gasteiger charge is -1.86. The van der Waals surface area contributed by atoms with Crippen LogP contribution in [-0.2, 0) is 9.05 Å². The monoisotopic (exact) mass is 154 g/mol. The molecule has 0 aromatic heterocycles. The SMILES string of the molecule is O=S(=O)(Cl)CC1CC1. The molecule has 0 aliphatic heterocycles. The molecule has 2 nitrogen and oxygen atoms in total. The van der Waals surface area contributed by atoms with Crippen LogP contribution in [0.5, 0.6) is 0 Å². The number of hydrogen-bond acceptors (Lipinski definition) is 2. The number of hydrogen-bond donors (Lipinski definition) is 0. The summed E-state index contributed by atoms with van der Waals surface area (Å²) in [6.45, 7) is 0. The van der Waals surface area contributed by atoms with Gasteiger partial charge in [0.1, 0.15) is 0 Å². The molecule has 0 N–H and O–H groups in total. The molecule has 0 saturated heterocycles. The van der Waals surface area contributed by atoms with Crippen molar-refractivity contribution in [3.05, 3.63) is 0 Å². The predicted molar refractivity (Wildman–Crippen MR) is 32.4 cm³/mol. The van der Waals surface area contributed by atoms with Gasteiger partial charge >= 0.3 is 0 Å². The molecule has 1 saturated carbocycles. The van der Waals surface area contributed by atoms with E-state index >= 15 is 0 Å². The molecule has 1 aliphatic carbocycles. The van der Waals surface area contributed by atoms with E-state index < -0.39 is 9.05 Å². The fourth-order valence-corrected chi connectivity index (χ4v) is 2.00. The lowest BCUT2D eigenvalue weighted by molar-refractivity contribution is 0.606. The lowest BCUT2D eigenvalue weighted by atomic mass is 10.5. The predicted octanol–water partition coefficient (Wildman–Crippen LogP) is 0.965. The van der Waals surface area contributed by atoms with Crippen molar-refractivity contribution in [2.24, 2.45) is 5.92 Å². The van der Waals surface area contributed by atoms with Gasteiger partial charge in [-0.25, -0.2) is 8.42 Å². The number of rotatable bonds is 2. The fourth-order valence-electron chi connectivity index (χ4n) is 0.566. The Morgan fingerprint density at radius 2 is 2.00 bits per heavy atom. The van der Waals surface area contributed by atoms with Crippen LogP contribution in [0.3, 0.4) is 0 Å². The van der Waals surface area contributed by atoms with Gasteiger partial charge in [-0.1, -0.05) is 0 Å². The molecule has 1 rings (SSSR count). The highest BCUT2D eigenvalue weighted by Crippen LogP contribution is 2.30. The molecule has 0 bridgehead atoms. The van der Waals surface area contributed by atoms with Crippen molar-refractivity contribution < 1.29 is 8.42 Å². The third-order valence-corrected chi connectivity index (χ3v) is 2.38. The molecule has 48 valence electrons. The summed E-state index contributed by atoms with van der Waals surface area (Å²) < 4.78 is 20.5. The maximum atomic E-state index is 10.2. The highest BCUT2D eigenvalue weighted by atomic mass is 35.7. The van der Waals surface area contributed by atoms with Crippen LogP contribution in [0.1, 0.15) is 12.8 Å². The van der Waals surface area contributed by atoms with E-state index in [-0.39, 0.29) is 5.75 Å². The third-order valence-electron chi connectivity index (χ3n) is 1.13. The summed E-state index contributed by atoms with van der Waals surface area (Å²) in [5.74, 6) is 0.548. The van der Waals surface area contributed by atoms with Crippen molar-refractivity contribution in [1.29, 1.82) is 0 Å². The molecule has 0 radical (unpaired) electrons. The van der Waals surface area contributed by atoms with Gasteiger partial charge in [0.2, 0.25) is 9.05 Å². The van der Waals surface area contributed by atoms with Crippen LogP contribution in [0.4, 0.5) is 0 Å². The quantitative estimate of drug-likeness (QED) is 0.556. The Bertz CT molecular complexity index is 168. The average Bonchev–Trinajstić information content (AvgIpc) is 2.12. The summed E-state index contributed by atoms with van der Waals surface area (Å²) in [7, 11) is 1.75. The van der Waals surface area contributed by atoms with Crippen LogP contribution >= 0.6 is 10.7 Å². The molecule has 0 unspecified atom stereocenters. The largest absolute Gasteiger partial charge is 0.232 e. The van der Waals surface area contributed by atoms with Gasteiger partial charge in [0.25, 0.3) is 0 Å². The topological polar surface area (TPSA) is 34.1 Å². The minimum atomic E-state index is -3.19. The van der Waals surface area contributed by atoms with Crippen molar-refractivity contribution in [3.8, 4) is 0 Å². The van der Waals surface area contributed by atoms with E-state index in [1.54, 1.807) is 0 Å². The highest BCUT2D eigenvalue weighted by Gasteiger charge is 2.26. The van der Waals surface area contributed by atoms with E-state index in [9.17, 15) is 8.42 Å². The van der Waals surface area contributed by atoms with Crippen LogP contribution in [-0.4, -0.2) is 14.2 Å². The fraction of sp³-hybridized carbons (Fsp3) is 1.00. The van der Waals surface area contributed by atoms with Crippen molar-refractivity contribution in [2.75, 3.05) is 5.75 Å². The smallest absolute Gasteiger partial charge is 0.212 e. The maximum Gasteiger partial charge on any atom is 0.232 e. The van der Waals surface area contributed by atoms with Gasteiger partial charge in [0.15, 0.2) is 0 Å². The first-order chi connectivity index (χ1) is 3.58. The molecule has 8 heavy (non-hydrogen) atoms. The van der Waals surface area contributed by atoms with Gasteiger partial charge in [-0.15, -0.1) is 0 Å². The lowest BCUT2D eigenvalue weighted by Crippen LogP contribution is -1.97. The van der Waals surface area contributed by atoms with Crippen LogP contribution in [0, 0.1) is 5.92 Å². The van der Waals surface area contributed by atoms with Crippen LogP contribution in [0.25, 0.3) is 0 Å². The molecular formula is C4H7ClO2S. The van der Waals surface area contributed by atoms with E-state index in [1.165, 1.54) is 0 Å². The molecule has 1 aliphatic rings. The van der Waals surface area contributed by atoms with Crippen molar-refractivity contribution in [1.82, 2.24) is 0 Å². The van der Waals surface area contributed by atoms with Gasteiger partial charge < -0.3 is 0 Å². The molecule has 4 heteroatoms. The maximum absolute atomic E-state index is 10.2. The van der Waals surface area contributed by atoms with Gasteiger partial charge in [-0.2, -0.15) is 0 Å². The Balaban J connectivity index is 2.38. The average molecular weight is 155 g/mol. The first-order valence-electron chi connectivity index (χ1n) is 2.50. The summed E-state index contributed by atoms with van der Waals surface area (Å²) in [5, 5.41) is 0. The summed E-state index contributed by atoms with van der Waals surface area (Å²) in [6.07, 6.45) is 2.07. The highest BCUT2D eigenvalue weighted by molar-refractivity contribution is 8.13. The van der Waals surface area contributed by atoms with E-state index in [0.29, 0.717) is 5.92 Å². The Kier molecular flexibility index (Phi) is 1.50.